The minimum Gasteiger partial charge on any atom is -0.394 e. The molecule has 0 aliphatic carbocycles. The highest BCUT2D eigenvalue weighted by Gasteiger charge is 2.30. The number of amides is 1. The summed E-state index contributed by atoms with van der Waals surface area (Å²) in [5.41, 5.74) is 0. The molecule has 2 N–H and O–H groups in total. The quantitative estimate of drug-likeness (QED) is 0.647. The van der Waals surface area contributed by atoms with Crippen molar-refractivity contribution in [3.05, 3.63) is 0 Å². The van der Waals surface area contributed by atoms with Gasteiger partial charge in [0.1, 0.15) is 0 Å². The van der Waals surface area contributed by atoms with Gasteiger partial charge in [0.2, 0.25) is 5.91 Å². The lowest BCUT2D eigenvalue weighted by atomic mass is 9.98. The van der Waals surface area contributed by atoms with Gasteiger partial charge >= 0.3 is 0 Å². The van der Waals surface area contributed by atoms with Gasteiger partial charge in [0.25, 0.3) is 0 Å². The molecule has 2 aliphatic rings. The van der Waals surface area contributed by atoms with E-state index in [2.05, 4.69) is 5.32 Å². The molecule has 0 aromatic rings. The molecule has 0 spiro atoms. The number of aliphatic hydroxyl groups is 1. The van der Waals surface area contributed by atoms with Gasteiger partial charge in [0, 0.05) is 13.0 Å². The Labute approximate surface area is 84.3 Å². The molecule has 2 aliphatic heterocycles. The summed E-state index contributed by atoms with van der Waals surface area (Å²) < 4.78 is 0. The SMILES string of the molecule is O=C(CC1CNC1)N1CCC[C@@H]1CO. The van der Waals surface area contributed by atoms with E-state index in [1.54, 1.807) is 0 Å². The molecule has 2 rings (SSSR count). The molecule has 4 nitrogen and oxygen atoms in total. The fourth-order valence-electron chi connectivity index (χ4n) is 2.21. The lowest BCUT2D eigenvalue weighted by Crippen LogP contribution is -2.46. The topological polar surface area (TPSA) is 52.6 Å². The highest BCUT2D eigenvalue weighted by molar-refractivity contribution is 5.77. The lowest BCUT2D eigenvalue weighted by Gasteiger charge is -2.30. The Hall–Kier alpha value is -0.610. The fourth-order valence-corrected chi connectivity index (χ4v) is 2.21. The van der Waals surface area contributed by atoms with Gasteiger partial charge in [-0.1, -0.05) is 0 Å². The van der Waals surface area contributed by atoms with E-state index in [9.17, 15) is 4.79 Å². The summed E-state index contributed by atoms with van der Waals surface area (Å²) >= 11 is 0. The zero-order valence-corrected chi connectivity index (χ0v) is 8.41. The van der Waals surface area contributed by atoms with E-state index in [0.29, 0.717) is 12.3 Å². The van der Waals surface area contributed by atoms with Crippen LogP contribution in [0.4, 0.5) is 0 Å². The van der Waals surface area contributed by atoms with Crippen LogP contribution >= 0.6 is 0 Å². The van der Waals surface area contributed by atoms with Crippen LogP contribution in [0.2, 0.25) is 0 Å². The van der Waals surface area contributed by atoms with Gasteiger partial charge in [-0.05, 0) is 31.8 Å². The highest BCUT2D eigenvalue weighted by Crippen LogP contribution is 2.20. The Bertz CT molecular complexity index is 216. The molecule has 2 saturated heterocycles. The molecule has 0 unspecified atom stereocenters. The van der Waals surface area contributed by atoms with Crippen LogP contribution < -0.4 is 5.32 Å². The van der Waals surface area contributed by atoms with Crippen LogP contribution in [-0.4, -0.2) is 48.2 Å². The number of hydrogen-bond acceptors (Lipinski definition) is 3. The number of hydrogen-bond donors (Lipinski definition) is 2. The zero-order valence-electron chi connectivity index (χ0n) is 8.41. The molecule has 14 heavy (non-hydrogen) atoms. The third-order valence-electron chi connectivity index (χ3n) is 3.24. The number of aliphatic hydroxyl groups excluding tert-OH is 1. The van der Waals surface area contributed by atoms with Crippen LogP contribution in [0.3, 0.4) is 0 Å². The van der Waals surface area contributed by atoms with Crippen molar-refractivity contribution in [1.29, 1.82) is 0 Å². The highest BCUT2D eigenvalue weighted by atomic mass is 16.3. The molecule has 1 atom stereocenters. The predicted molar refractivity (Wildman–Crippen MR) is 52.8 cm³/mol. The van der Waals surface area contributed by atoms with Crippen molar-refractivity contribution in [2.24, 2.45) is 5.92 Å². The van der Waals surface area contributed by atoms with E-state index in [1.165, 1.54) is 0 Å². The maximum Gasteiger partial charge on any atom is 0.223 e. The summed E-state index contributed by atoms with van der Waals surface area (Å²) in [6.07, 6.45) is 2.66. The number of rotatable bonds is 3. The Morgan fingerprint density at radius 3 is 2.86 bits per heavy atom. The van der Waals surface area contributed by atoms with Crippen molar-refractivity contribution >= 4 is 5.91 Å². The van der Waals surface area contributed by atoms with Crippen LogP contribution in [-0.2, 0) is 4.79 Å². The van der Waals surface area contributed by atoms with Crippen molar-refractivity contribution in [3.8, 4) is 0 Å². The van der Waals surface area contributed by atoms with Gasteiger partial charge in [0.05, 0.1) is 12.6 Å². The van der Waals surface area contributed by atoms with E-state index >= 15 is 0 Å². The molecule has 0 aromatic carbocycles. The van der Waals surface area contributed by atoms with E-state index in [-0.39, 0.29) is 18.6 Å². The van der Waals surface area contributed by atoms with Crippen molar-refractivity contribution < 1.29 is 9.90 Å². The van der Waals surface area contributed by atoms with Crippen molar-refractivity contribution in [1.82, 2.24) is 10.2 Å². The van der Waals surface area contributed by atoms with Crippen LogP contribution in [0.15, 0.2) is 0 Å². The first-order valence-corrected chi connectivity index (χ1v) is 5.42. The molecular formula is C10H18N2O2. The first-order chi connectivity index (χ1) is 6.81. The van der Waals surface area contributed by atoms with Crippen molar-refractivity contribution in [2.45, 2.75) is 25.3 Å². The second kappa shape index (κ2) is 4.28. The Morgan fingerprint density at radius 2 is 2.29 bits per heavy atom. The third kappa shape index (κ3) is 1.91. The third-order valence-corrected chi connectivity index (χ3v) is 3.24. The molecule has 0 radical (unpaired) electrons. The first-order valence-electron chi connectivity index (χ1n) is 5.42. The average molecular weight is 198 g/mol. The average Bonchev–Trinajstić information content (AvgIpc) is 2.58. The molecule has 1 amide bonds. The standard InChI is InChI=1S/C10H18N2O2/c13-7-9-2-1-3-12(9)10(14)4-8-5-11-6-8/h8-9,11,13H,1-7H2/t9-/m1/s1. The summed E-state index contributed by atoms with van der Waals surface area (Å²) in [7, 11) is 0. The fraction of sp³-hybridized carbons (Fsp3) is 0.900. The van der Waals surface area contributed by atoms with E-state index < -0.39 is 0 Å². The molecule has 4 heteroatoms. The number of carbonyl (C=O) groups excluding carboxylic acids is 1. The number of likely N-dealkylation sites (tertiary alicyclic amines) is 1. The van der Waals surface area contributed by atoms with Gasteiger partial charge < -0.3 is 15.3 Å². The summed E-state index contributed by atoms with van der Waals surface area (Å²) in [5, 5.41) is 12.2. The van der Waals surface area contributed by atoms with Crippen LogP contribution in [0.1, 0.15) is 19.3 Å². The summed E-state index contributed by atoms with van der Waals surface area (Å²) in [4.78, 5) is 13.7. The maximum absolute atomic E-state index is 11.8. The largest absolute Gasteiger partial charge is 0.394 e. The first kappa shape index (κ1) is 9.93. The summed E-state index contributed by atoms with van der Waals surface area (Å²) in [6, 6.07) is 0.0931. The Balaban J connectivity index is 1.83. The van der Waals surface area contributed by atoms with Crippen LogP contribution in [0, 0.1) is 5.92 Å². The Morgan fingerprint density at radius 1 is 1.50 bits per heavy atom. The van der Waals surface area contributed by atoms with Gasteiger partial charge in [-0.25, -0.2) is 0 Å². The molecular weight excluding hydrogens is 180 g/mol. The van der Waals surface area contributed by atoms with Gasteiger partial charge in [0.15, 0.2) is 0 Å². The smallest absolute Gasteiger partial charge is 0.223 e. The molecule has 0 aromatic heterocycles. The number of nitrogens with one attached hydrogen (secondary N) is 1. The lowest BCUT2D eigenvalue weighted by molar-refractivity contribution is -0.134. The van der Waals surface area contributed by atoms with Crippen molar-refractivity contribution in [3.63, 3.8) is 0 Å². The number of carbonyl (C=O) groups is 1. The molecule has 0 bridgehead atoms. The van der Waals surface area contributed by atoms with E-state index in [1.807, 2.05) is 4.90 Å². The Kier molecular flexibility index (Phi) is 3.03. The van der Waals surface area contributed by atoms with Gasteiger partial charge in [-0.15, -0.1) is 0 Å². The second-order valence-corrected chi connectivity index (χ2v) is 4.29. The molecule has 0 saturated carbocycles. The minimum absolute atomic E-state index is 0.0931. The maximum atomic E-state index is 11.8. The molecule has 80 valence electrons. The van der Waals surface area contributed by atoms with E-state index in [0.717, 1.165) is 32.5 Å². The second-order valence-electron chi connectivity index (χ2n) is 4.29. The van der Waals surface area contributed by atoms with Crippen LogP contribution in [0.25, 0.3) is 0 Å². The van der Waals surface area contributed by atoms with Crippen LogP contribution in [0.5, 0.6) is 0 Å². The van der Waals surface area contributed by atoms with E-state index in [4.69, 9.17) is 5.11 Å². The molecule has 2 fully saturated rings. The summed E-state index contributed by atoms with van der Waals surface area (Å²) in [5.74, 6) is 0.760. The minimum atomic E-state index is 0.0931. The number of nitrogens with zero attached hydrogens (tertiary/aromatic N) is 1. The zero-order chi connectivity index (χ0) is 9.97. The summed E-state index contributed by atoms with van der Waals surface area (Å²) in [6.45, 7) is 2.91. The molecule has 2 heterocycles. The monoisotopic (exact) mass is 198 g/mol. The van der Waals surface area contributed by atoms with Gasteiger partial charge in [-0.3, -0.25) is 4.79 Å². The van der Waals surface area contributed by atoms with Gasteiger partial charge in [-0.2, -0.15) is 0 Å². The van der Waals surface area contributed by atoms with Crippen molar-refractivity contribution in [2.75, 3.05) is 26.2 Å². The normalized spacial score (nSPS) is 27.8. The predicted octanol–water partition coefficient (Wildman–Crippen LogP) is -0.421.